The topological polar surface area (TPSA) is 97.0 Å². The smallest absolute Gasteiger partial charge is 0.318 e. The Bertz CT molecular complexity index is 1630. The molecule has 4 aliphatic heterocycles. The molecule has 8 nitrogen and oxygen atoms in total. The largest absolute Gasteiger partial charge is 0.461 e. The van der Waals surface area contributed by atoms with Gasteiger partial charge in [-0.3, -0.25) is 4.90 Å². The summed E-state index contributed by atoms with van der Waals surface area (Å²) in [7, 11) is 0. The highest BCUT2D eigenvalue weighted by atomic mass is 19.1. The molecule has 2 saturated heterocycles. The van der Waals surface area contributed by atoms with Crippen molar-refractivity contribution >= 4 is 22.3 Å². The highest BCUT2D eigenvalue weighted by Gasteiger charge is 2.42. The normalized spacial score (nSPS) is 27.2. The van der Waals surface area contributed by atoms with Gasteiger partial charge in [0.2, 0.25) is 0 Å². The van der Waals surface area contributed by atoms with Crippen molar-refractivity contribution in [2.75, 3.05) is 43.4 Å². The minimum Gasteiger partial charge on any atom is -0.461 e. The molecule has 0 spiro atoms. The number of benzene rings is 2. The summed E-state index contributed by atoms with van der Waals surface area (Å²) in [6.07, 6.45) is 14.0. The molecule has 4 aliphatic rings. The van der Waals surface area contributed by atoms with Crippen LogP contribution < -0.4 is 15.4 Å². The van der Waals surface area contributed by atoms with Crippen molar-refractivity contribution in [2.45, 2.75) is 62.9 Å². The Morgan fingerprint density at radius 2 is 2.10 bits per heavy atom. The van der Waals surface area contributed by atoms with Gasteiger partial charge in [0.15, 0.2) is 0 Å². The van der Waals surface area contributed by atoms with Gasteiger partial charge in [-0.1, -0.05) is 24.1 Å². The van der Waals surface area contributed by atoms with E-state index >= 15 is 0 Å². The molecule has 0 radical (unpaired) electrons. The van der Waals surface area contributed by atoms with E-state index in [1.807, 2.05) is 13.0 Å². The monoisotopic (exact) mass is 569 g/mol. The van der Waals surface area contributed by atoms with Crippen molar-refractivity contribution in [3.8, 4) is 18.4 Å². The number of β-amino-alcohol motifs (C(OH)–C–C–N with tert-alkyl or cyclic N) is 1. The third kappa shape index (κ3) is 4.68. The second-order valence-electron chi connectivity index (χ2n) is 12.4. The van der Waals surface area contributed by atoms with Gasteiger partial charge < -0.3 is 25.2 Å². The zero-order valence-electron chi connectivity index (χ0n) is 23.9. The molecule has 5 heterocycles. The molecule has 3 N–H and O–H groups in total. The Balaban J connectivity index is 1.27. The fourth-order valence-corrected chi connectivity index (χ4v) is 7.27. The van der Waals surface area contributed by atoms with E-state index < -0.39 is 17.5 Å². The fraction of sp³-hybridized carbons (Fsp3) is 0.455. The molecule has 0 unspecified atom stereocenters. The molecule has 3 aromatic rings. The van der Waals surface area contributed by atoms with Gasteiger partial charge in [0.25, 0.3) is 0 Å². The van der Waals surface area contributed by atoms with Crippen LogP contribution in [-0.4, -0.2) is 63.9 Å². The number of halogens is 1. The van der Waals surface area contributed by atoms with Crippen LogP contribution in [-0.2, 0) is 17.8 Å². The van der Waals surface area contributed by atoms with Crippen molar-refractivity contribution in [3.05, 3.63) is 64.6 Å². The number of aromatic nitrogens is 2. The number of nitrogens with two attached hydrogens (primary N) is 1. The number of aliphatic hydroxyl groups is 1. The maximum Gasteiger partial charge on any atom is 0.318 e. The SMILES string of the molecule is C#Cc1c(F)ccc2cc(N)cc([C@@H]3Cc4nc(OC[C@]56C=CCN5CCC6)nc(N5CCC[C@@](C)(O)C5)c4CO3)c12. The van der Waals surface area contributed by atoms with Crippen LogP contribution in [0.3, 0.4) is 0 Å². The van der Waals surface area contributed by atoms with Crippen LogP contribution in [0, 0.1) is 18.2 Å². The summed E-state index contributed by atoms with van der Waals surface area (Å²) in [5, 5.41) is 12.3. The van der Waals surface area contributed by atoms with Gasteiger partial charge in [-0.05, 0) is 68.3 Å². The first-order valence-corrected chi connectivity index (χ1v) is 14.8. The van der Waals surface area contributed by atoms with Gasteiger partial charge >= 0.3 is 6.01 Å². The number of nitrogens with zero attached hydrogens (tertiary/aromatic N) is 4. The second kappa shape index (κ2) is 10.2. The average molecular weight is 570 g/mol. The zero-order valence-corrected chi connectivity index (χ0v) is 23.9. The number of rotatable bonds is 5. The first kappa shape index (κ1) is 27.1. The fourth-order valence-electron chi connectivity index (χ4n) is 7.27. The van der Waals surface area contributed by atoms with E-state index in [0.717, 1.165) is 73.3 Å². The molecule has 3 atom stereocenters. The van der Waals surface area contributed by atoms with Crippen molar-refractivity contribution in [2.24, 2.45) is 0 Å². The molecule has 9 heteroatoms. The summed E-state index contributed by atoms with van der Waals surface area (Å²) in [4.78, 5) is 14.4. The van der Waals surface area contributed by atoms with E-state index in [9.17, 15) is 9.50 Å². The summed E-state index contributed by atoms with van der Waals surface area (Å²) in [6, 6.07) is 7.01. The molecule has 42 heavy (non-hydrogen) atoms. The molecule has 1 aromatic heterocycles. The number of anilines is 2. The third-order valence-corrected chi connectivity index (χ3v) is 9.32. The summed E-state index contributed by atoms with van der Waals surface area (Å²) < 4.78 is 27.6. The van der Waals surface area contributed by atoms with Gasteiger partial charge in [0, 0.05) is 42.7 Å². The number of terminal acetylenes is 1. The Morgan fingerprint density at radius 3 is 2.93 bits per heavy atom. The lowest BCUT2D eigenvalue weighted by Gasteiger charge is -2.39. The Kier molecular flexibility index (Phi) is 6.61. The lowest BCUT2D eigenvalue weighted by atomic mass is 9.91. The molecule has 0 saturated carbocycles. The van der Waals surface area contributed by atoms with Crippen LogP contribution >= 0.6 is 0 Å². The number of piperidine rings is 1. The lowest BCUT2D eigenvalue weighted by molar-refractivity contribution is 0.0253. The molecule has 0 aliphatic carbocycles. The van der Waals surface area contributed by atoms with Gasteiger partial charge in [-0.15, -0.1) is 6.42 Å². The van der Waals surface area contributed by atoms with E-state index in [4.69, 9.17) is 31.6 Å². The van der Waals surface area contributed by atoms with Crippen LogP contribution in [0.25, 0.3) is 10.8 Å². The summed E-state index contributed by atoms with van der Waals surface area (Å²) in [5.74, 6) is 2.82. The van der Waals surface area contributed by atoms with Gasteiger partial charge in [-0.25, -0.2) is 4.39 Å². The maximum atomic E-state index is 14.8. The van der Waals surface area contributed by atoms with Crippen molar-refractivity contribution in [1.29, 1.82) is 0 Å². The van der Waals surface area contributed by atoms with Crippen molar-refractivity contribution in [3.63, 3.8) is 0 Å². The van der Waals surface area contributed by atoms with E-state index in [1.165, 1.54) is 6.07 Å². The van der Waals surface area contributed by atoms with Crippen LogP contribution in [0.1, 0.15) is 61.1 Å². The van der Waals surface area contributed by atoms with E-state index in [0.29, 0.717) is 36.7 Å². The number of ether oxygens (including phenoxy) is 2. The highest BCUT2D eigenvalue weighted by molar-refractivity contribution is 5.94. The molecule has 218 valence electrons. The highest BCUT2D eigenvalue weighted by Crippen LogP contribution is 2.41. The molecule has 0 amide bonds. The number of hydrogen-bond donors (Lipinski definition) is 2. The third-order valence-electron chi connectivity index (χ3n) is 9.32. The standard InChI is InChI=1S/C33H36FN5O3/c1-3-23-26(34)8-7-21-15-22(35)16-24(29(21)23)28-17-27-25(18-41-28)30(38-12-4-9-32(2,40)19-38)37-31(36-27)42-20-33-10-5-13-39(33)14-6-11-33/h1,5,7-8,10,15-16,28,40H,4,6,9,11-14,17-20,35H2,2H3/t28-,32+,33+/m0/s1. The minimum atomic E-state index is -0.816. The molecule has 2 aromatic carbocycles. The molecule has 2 fully saturated rings. The van der Waals surface area contributed by atoms with E-state index in [2.05, 4.69) is 27.9 Å². The Morgan fingerprint density at radius 1 is 1.24 bits per heavy atom. The van der Waals surface area contributed by atoms with E-state index in [1.54, 1.807) is 12.1 Å². The summed E-state index contributed by atoms with van der Waals surface area (Å²) in [5.41, 5.74) is 8.54. The number of fused-ring (bicyclic) bond motifs is 3. The predicted octanol–water partition coefficient (Wildman–Crippen LogP) is 4.28. The van der Waals surface area contributed by atoms with Gasteiger partial charge in [-0.2, -0.15) is 9.97 Å². The van der Waals surface area contributed by atoms with Crippen LogP contribution in [0.5, 0.6) is 6.01 Å². The summed E-state index contributed by atoms with van der Waals surface area (Å²) in [6.45, 7) is 5.83. The van der Waals surface area contributed by atoms with Crippen LogP contribution in [0.4, 0.5) is 15.9 Å². The molecule has 7 rings (SSSR count). The second-order valence-corrected chi connectivity index (χ2v) is 12.4. The first-order chi connectivity index (χ1) is 20.2. The number of hydrogen-bond acceptors (Lipinski definition) is 8. The van der Waals surface area contributed by atoms with Crippen LogP contribution in [0.15, 0.2) is 36.4 Å². The number of nitrogen functional groups attached to an aromatic ring is 1. The van der Waals surface area contributed by atoms with E-state index in [-0.39, 0.29) is 17.7 Å². The summed E-state index contributed by atoms with van der Waals surface area (Å²) >= 11 is 0. The van der Waals surface area contributed by atoms with Crippen LogP contribution in [0.2, 0.25) is 0 Å². The maximum absolute atomic E-state index is 14.8. The molecule has 0 bridgehead atoms. The Hall–Kier alpha value is -3.71. The average Bonchev–Trinajstić information content (AvgIpc) is 3.55. The van der Waals surface area contributed by atoms with Gasteiger partial charge in [0.05, 0.1) is 35.1 Å². The minimum absolute atomic E-state index is 0.115. The quantitative estimate of drug-likeness (QED) is 0.267. The lowest BCUT2D eigenvalue weighted by Crippen LogP contribution is -2.47. The van der Waals surface area contributed by atoms with Gasteiger partial charge in [0.1, 0.15) is 18.2 Å². The zero-order chi connectivity index (χ0) is 29.1. The first-order valence-electron chi connectivity index (χ1n) is 14.8. The molecular formula is C33H36FN5O3. The molecular weight excluding hydrogens is 533 g/mol. The Labute approximate surface area is 245 Å². The van der Waals surface area contributed by atoms with Crippen molar-refractivity contribution < 1.29 is 19.0 Å². The van der Waals surface area contributed by atoms with Crippen molar-refractivity contribution in [1.82, 2.24) is 14.9 Å². The predicted molar refractivity (Wildman–Crippen MR) is 160 cm³/mol.